The van der Waals surface area contributed by atoms with Gasteiger partial charge < -0.3 is 4.98 Å². The molecular weight excluding hydrogens is 230 g/mol. The van der Waals surface area contributed by atoms with E-state index in [1.165, 1.54) is 62.3 Å². The third kappa shape index (κ3) is 7.05. The number of aromatic nitrogens is 1. The molecule has 1 heteroatoms. The van der Waals surface area contributed by atoms with Crippen molar-refractivity contribution in [3.63, 3.8) is 0 Å². The number of para-hydroxylation sites is 1. The molecule has 1 heterocycles. The highest BCUT2D eigenvalue weighted by Crippen LogP contribution is 2.09. The molecule has 0 saturated carbocycles. The summed E-state index contributed by atoms with van der Waals surface area (Å²) in [5.74, 6) is 0. The zero-order chi connectivity index (χ0) is 13.8. The number of hydrogen-bond acceptors (Lipinski definition) is 0. The summed E-state index contributed by atoms with van der Waals surface area (Å²) in [4.78, 5) is 3.12. The van der Waals surface area contributed by atoms with Gasteiger partial charge in [-0.3, -0.25) is 0 Å². The Morgan fingerprint density at radius 2 is 1.32 bits per heavy atom. The molecule has 0 saturated heterocycles. The van der Waals surface area contributed by atoms with Crippen LogP contribution in [0.25, 0.3) is 10.9 Å². The molecule has 1 nitrogen and oxygen atoms in total. The number of nitrogens with one attached hydrogen (secondary N) is 1. The molecule has 0 amide bonds. The van der Waals surface area contributed by atoms with Crippen LogP contribution >= 0.6 is 0 Å². The van der Waals surface area contributed by atoms with Gasteiger partial charge in [-0.05, 0) is 17.5 Å². The first kappa shape index (κ1) is 15.8. The fourth-order valence-corrected chi connectivity index (χ4v) is 2.20. The number of rotatable bonds is 7. The summed E-state index contributed by atoms with van der Waals surface area (Å²) in [6, 6.07) is 10.3. The van der Waals surface area contributed by atoms with Crippen molar-refractivity contribution < 1.29 is 0 Å². The van der Waals surface area contributed by atoms with E-state index < -0.39 is 0 Å². The lowest BCUT2D eigenvalue weighted by molar-refractivity contribution is 0.585. The van der Waals surface area contributed by atoms with Gasteiger partial charge in [0.1, 0.15) is 0 Å². The van der Waals surface area contributed by atoms with Gasteiger partial charge in [0.25, 0.3) is 0 Å². The van der Waals surface area contributed by atoms with Gasteiger partial charge in [0.2, 0.25) is 0 Å². The number of unbranched alkanes of at least 4 members (excludes halogenated alkanes) is 7. The standard InChI is InChI=1S/C10H22.C8H7N/c1-3-5-7-9-10-8-6-4-2;1-2-4-8-7(3-1)5-6-9-8/h3-10H2,1-2H3;1-6,9H. The molecule has 19 heavy (non-hydrogen) atoms. The smallest absolute Gasteiger partial charge is 0.0453 e. The van der Waals surface area contributed by atoms with Crippen molar-refractivity contribution in [2.24, 2.45) is 0 Å². The molecule has 0 bridgehead atoms. The maximum absolute atomic E-state index is 3.12. The average Bonchev–Trinajstić information content (AvgIpc) is 2.92. The maximum atomic E-state index is 3.12. The third-order valence-electron chi connectivity index (χ3n) is 3.42. The molecule has 1 aromatic heterocycles. The first-order valence-corrected chi connectivity index (χ1v) is 7.90. The zero-order valence-corrected chi connectivity index (χ0v) is 12.6. The van der Waals surface area contributed by atoms with Crippen molar-refractivity contribution in [3.8, 4) is 0 Å². The molecule has 0 aliphatic heterocycles. The summed E-state index contributed by atoms with van der Waals surface area (Å²) in [6.07, 6.45) is 13.4. The van der Waals surface area contributed by atoms with Gasteiger partial charge in [-0.1, -0.05) is 83.4 Å². The molecule has 0 atom stereocenters. The Bertz CT molecular complexity index is 378. The largest absolute Gasteiger partial charge is 0.361 e. The molecule has 106 valence electrons. The molecular formula is C18H29N. The predicted molar refractivity (Wildman–Crippen MR) is 86.6 cm³/mol. The van der Waals surface area contributed by atoms with Crippen LogP contribution in [0.1, 0.15) is 65.2 Å². The van der Waals surface area contributed by atoms with E-state index >= 15 is 0 Å². The van der Waals surface area contributed by atoms with Gasteiger partial charge in [-0.2, -0.15) is 0 Å². The van der Waals surface area contributed by atoms with Gasteiger partial charge in [-0.15, -0.1) is 0 Å². The van der Waals surface area contributed by atoms with Crippen molar-refractivity contribution >= 4 is 10.9 Å². The van der Waals surface area contributed by atoms with Crippen LogP contribution in [-0.2, 0) is 0 Å². The zero-order valence-electron chi connectivity index (χ0n) is 12.6. The van der Waals surface area contributed by atoms with Gasteiger partial charge >= 0.3 is 0 Å². The van der Waals surface area contributed by atoms with E-state index in [2.05, 4.69) is 37.0 Å². The quantitative estimate of drug-likeness (QED) is 0.560. The first-order chi connectivity index (χ1) is 9.38. The van der Waals surface area contributed by atoms with Gasteiger partial charge in [-0.25, -0.2) is 0 Å². The Hall–Kier alpha value is -1.24. The first-order valence-electron chi connectivity index (χ1n) is 7.90. The van der Waals surface area contributed by atoms with E-state index in [1.807, 2.05) is 18.3 Å². The average molecular weight is 259 g/mol. The minimum absolute atomic E-state index is 1.21. The Labute approximate surface area is 118 Å². The van der Waals surface area contributed by atoms with E-state index in [1.54, 1.807) is 0 Å². The van der Waals surface area contributed by atoms with Crippen LogP contribution < -0.4 is 0 Å². The van der Waals surface area contributed by atoms with E-state index in [4.69, 9.17) is 0 Å². The van der Waals surface area contributed by atoms with E-state index in [0.29, 0.717) is 0 Å². The normalized spacial score (nSPS) is 10.2. The lowest BCUT2D eigenvalue weighted by atomic mass is 10.1. The lowest BCUT2D eigenvalue weighted by Crippen LogP contribution is -1.77. The molecule has 0 spiro atoms. The van der Waals surface area contributed by atoms with Crippen molar-refractivity contribution in [3.05, 3.63) is 36.5 Å². The highest BCUT2D eigenvalue weighted by atomic mass is 14.6. The Morgan fingerprint density at radius 1 is 0.737 bits per heavy atom. The second-order valence-electron chi connectivity index (χ2n) is 5.19. The van der Waals surface area contributed by atoms with Crippen molar-refractivity contribution in [2.45, 2.75) is 65.2 Å². The van der Waals surface area contributed by atoms with E-state index in [0.717, 1.165) is 0 Å². The summed E-state index contributed by atoms with van der Waals surface area (Å²) < 4.78 is 0. The van der Waals surface area contributed by atoms with Gasteiger partial charge in [0, 0.05) is 11.7 Å². The van der Waals surface area contributed by atoms with Crippen LogP contribution in [0, 0.1) is 0 Å². The van der Waals surface area contributed by atoms with Crippen LogP contribution in [0.5, 0.6) is 0 Å². The molecule has 0 fully saturated rings. The molecule has 0 aliphatic rings. The van der Waals surface area contributed by atoms with Crippen LogP contribution in [0.15, 0.2) is 36.5 Å². The number of hydrogen-bond donors (Lipinski definition) is 1. The second kappa shape index (κ2) is 10.7. The molecule has 1 N–H and O–H groups in total. The van der Waals surface area contributed by atoms with Crippen LogP contribution in [0.2, 0.25) is 0 Å². The van der Waals surface area contributed by atoms with E-state index in [9.17, 15) is 0 Å². The predicted octanol–water partition coefficient (Wildman–Crippen LogP) is 6.31. The summed E-state index contributed by atoms with van der Waals surface area (Å²) >= 11 is 0. The number of H-pyrrole nitrogens is 1. The van der Waals surface area contributed by atoms with Gasteiger partial charge in [0.05, 0.1) is 0 Å². The Kier molecular flexibility index (Phi) is 8.87. The number of benzene rings is 1. The summed E-state index contributed by atoms with van der Waals surface area (Å²) in [5, 5.41) is 1.28. The summed E-state index contributed by atoms with van der Waals surface area (Å²) in [7, 11) is 0. The monoisotopic (exact) mass is 259 g/mol. The highest BCUT2D eigenvalue weighted by molar-refractivity contribution is 5.78. The fraction of sp³-hybridized carbons (Fsp3) is 0.556. The Balaban J connectivity index is 0.000000190. The molecule has 0 radical (unpaired) electrons. The molecule has 2 rings (SSSR count). The summed E-state index contributed by atoms with van der Waals surface area (Å²) in [5.41, 5.74) is 1.21. The Morgan fingerprint density at radius 3 is 1.89 bits per heavy atom. The lowest BCUT2D eigenvalue weighted by Gasteiger charge is -1.97. The van der Waals surface area contributed by atoms with Gasteiger partial charge in [0.15, 0.2) is 0 Å². The topological polar surface area (TPSA) is 15.8 Å². The number of aromatic amines is 1. The third-order valence-corrected chi connectivity index (χ3v) is 3.42. The highest BCUT2D eigenvalue weighted by Gasteiger charge is 1.88. The molecule has 0 aliphatic carbocycles. The van der Waals surface area contributed by atoms with Crippen LogP contribution in [-0.4, -0.2) is 4.98 Å². The van der Waals surface area contributed by atoms with Crippen molar-refractivity contribution in [1.29, 1.82) is 0 Å². The SMILES string of the molecule is CCCCCCCCCC.c1ccc2[nH]ccc2c1. The molecule has 0 unspecified atom stereocenters. The number of fused-ring (bicyclic) bond motifs is 1. The van der Waals surface area contributed by atoms with Crippen LogP contribution in [0.4, 0.5) is 0 Å². The minimum Gasteiger partial charge on any atom is -0.361 e. The fourth-order valence-electron chi connectivity index (χ4n) is 2.20. The summed E-state index contributed by atoms with van der Waals surface area (Å²) in [6.45, 7) is 4.54. The van der Waals surface area contributed by atoms with E-state index in [-0.39, 0.29) is 0 Å². The molecule has 2 aromatic rings. The molecule has 1 aromatic carbocycles. The van der Waals surface area contributed by atoms with Crippen LogP contribution in [0.3, 0.4) is 0 Å². The second-order valence-corrected chi connectivity index (χ2v) is 5.19. The minimum atomic E-state index is 1.21. The van der Waals surface area contributed by atoms with Crippen molar-refractivity contribution in [2.75, 3.05) is 0 Å². The maximum Gasteiger partial charge on any atom is 0.0453 e. The van der Waals surface area contributed by atoms with Crippen molar-refractivity contribution in [1.82, 2.24) is 4.98 Å².